The lowest BCUT2D eigenvalue weighted by atomic mass is 10.1. The minimum atomic E-state index is -0.766. The molecule has 0 amide bonds. The monoisotopic (exact) mass is 264 g/mol. The zero-order valence-corrected chi connectivity index (χ0v) is 11.3. The fourth-order valence-electron chi connectivity index (χ4n) is 2.53. The van der Waals surface area contributed by atoms with Crippen LogP contribution < -0.4 is 15.0 Å². The standard InChI is InChI=1S/C14H20N2O3/c1-10-8-16(9-11(15-10)6-14(17)18)12-4-3-5-13(7-12)19-2/h3-5,7,10-11,15H,6,8-9H2,1-2H3,(H,17,18). The summed E-state index contributed by atoms with van der Waals surface area (Å²) in [5, 5.41) is 12.2. The van der Waals surface area contributed by atoms with Gasteiger partial charge in [0.15, 0.2) is 0 Å². The zero-order valence-electron chi connectivity index (χ0n) is 11.3. The van der Waals surface area contributed by atoms with Crippen LogP contribution in [0.1, 0.15) is 13.3 Å². The molecule has 1 aromatic rings. The highest BCUT2D eigenvalue weighted by Gasteiger charge is 2.25. The van der Waals surface area contributed by atoms with Gasteiger partial charge in [-0.2, -0.15) is 0 Å². The number of hydrogen-bond acceptors (Lipinski definition) is 4. The summed E-state index contributed by atoms with van der Waals surface area (Å²) < 4.78 is 5.23. The Bertz CT molecular complexity index is 450. The molecular formula is C14H20N2O3. The van der Waals surface area contributed by atoms with Crippen LogP contribution in [0.4, 0.5) is 5.69 Å². The molecule has 5 nitrogen and oxygen atoms in total. The summed E-state index contributed by atoms with van der Waals surface area (Å²) in [6.07, 6.45) is 0.144. The van der Waals surface area contributed by atoms with Crippen LogP contribution in [0.5, 0.6) is 5.75 Å². The summed E-state index contributed by atoms with van der Waals surface area (Å²) in [5.41, 5.74) is 1.07. The normalized spacial score (nSPS) is 23.2. The maximum Gasteiger partial charge on any atom is 0.304 e. The van der Waals surface area contributed by atoms with Crippen molar-refractivity contribution in [3.63, 3.8) is 0 Å². The van der Waals surface area contributed by atoms with Crippen LogP contribution in [0.2, 0.25) is 0 Å². The maximum atomic E-state index is 10.8. The van der Waals surface area contributed by atoms with Gasteiger partial charge in [-0.1, -0.05) is 6.07 Å². The van der Waals surface area contributed by atoms with E-state index in [9.17, 15) is 4.79 Å². The smallest absolute Gasteiger partial charge is 0.304 e. The van der Waals surface area contributed by atoms with Crippen LogP contribution in [-0.2, 0) is 4.79 Å². The highest BCUT2D eigenvalue weighted by Crippen LogP contribution is 2.23. The number of benzene rings is 1. The Morgan fingerprint density at radius 2 is 2.32 bits per heavy atom. The number of nitrogens with zero attached hydrogens (tertiary/aromatic N) is 1. The Morgan fingerprint density at radius 1 is 1.53 bits per heavy atom. The quantitative estimate of drug-likeness (QED) is 0.859. The molecule has 2 unspecified atom stereocenters. The summed E-state index contributed by atoms with van der Waals surface area (Å²) in [4.78, 5) is 13.0. The van der Waals surface area contributed by atoms with Crippen LogP contribution in [0.25, 0.3) is 0 Å². The van der Waals surface area contributed by atoms with Gasteiger partial charge in [0.1, 0.15) is 5.75 Å². The van der Waals surface area contributed by atoms with E-state index < -0.39 is 5.97 Å². The molecule has 1 aliphatic heterocycles. The molecule has 0 saturated carbocycles. The molecular weight excluding hydrogens is 244 g/mol. The summed E-state index contributed by atoms with van der Waals surface area (Å²) in [5.74, 6) is 0.0515. The van der Waals surface area contributed by atoms with Gasteiger partial charge in [-0.15, -0.1) is 0 Å². The van der Waals surface area contributed by atoms with Crippen LogP contribution in [0.3, 0.4) is 0 Å². The summed E-state index contributed by atoms with van der Waals surface area (Å²) in [6, 6.07) is 8.11. The van der Waals surface area contributed by atoms with E-state index in [0.717, 1.165) is 18.0 Å². The van der Waals surface area contributed by atoms with E-state index >= 15 is 0 Å². The Labute approximate surface area is 113 Å². The average Bonchev–Trinajstić information content (AvgIpc) is 2.37. The molecule has 0 aromatic heterocycles. The second-order valence-electron chi connectivity index (χ2n) is 4.97. The number of carbonyl (C=O) groups is 1. The molecule has 5 heteroatoms. The molecule has 2 rings (SSSR count). The van der Waals surface area contributed by atoms with Crippen molar-refractivity contribution in [2.45, 2.75) is 25.4 Å². The predicted octanol–water partition coefficient (Wildman–Crippen LogP) is 1.34. The van der Waals surface area contributed by atoms with E-state index in [1.54, 1.807) is 7.11 Å². The molecule has 2 atom stereocenters. The Balaban J connectivity index is 2.11. The van der Waals surface area contributed by atoms with Gasteiger partial charge in [0, 0.05) is 36.9 Å². The topological polar surface area (TPSA) is 61.8 Å². The molecule has 19 heavy (non-hydrogen) atoms. The first-order chi connectivity index (χ1) is 9.08. The summed E-state index contributed by atoms with van der Waals surface area (Å²) in [7, 11) is 1.65. The number of carboxylic acids is 1. The van der Waals surface area contributed by atoms with Crippen molar-refractivity contribution in [3.05, 3.63) is 24.3 Å². The molecule has 1 fully saturated rings. The van der Waals surface area contributed by atoms with Crippen LogP contribution in [0.15, 0.2) is 24.3 Å². The second kappa shape index (κ2) is 5.93. The van der Waals surface area contributed by atoms with E-state index in [4.69, 9.17) is 9.84 Å². The molecule has 1 aromatic carbocycles. The van der Waals surface area contributed by atoms with Gasteiger partial charge in [0.25, 0.3) is 0 Å². The van der Waals surface area contributed by atoms with Crippen molar-refractivity contribution in [3.8, 4) is 5.75 Å². The largest absolute Gasteiger partial charge is 0.497 e. The van der Waals surface area contributed by atoms with Gasteiger partial charge in [0.2, 0.25) is 0 Å². The number of anilines is 1. The molecule has 104 valence electrons. The number of aliphatic carboxylic acids is 1. The number of nitrogens with one attached hydrogen (secondary N) is 1. The number of piperazine rings is 1. The molecule has 1 aliphatic rings. The first-order valence-electron chi connectivity index (χ1n) is 6.45. The van der Waals surface area contributed by atoms with Gasteiger partial charge in [-0.3, -0.25) is 4.79 Å². The Hall–Kier alpha value is -1.75. The third-order valence-corrected chi connectivity index (χ3v) is 3.29. The molecule has 0 aliphatic carbocycles. The van der Waals surface area contributed by atoms with E-state index in [1.807, 2.05) is 24.3 Å². The van der Waals surface area contributed by atoms with Gasteiger partial charge in [-0.05, 0) is 19.1 Å². The molecule has 2 N–H and O–H groups in total. The zero-order chi connectivity index (χ0) is 13.8. The van der Waals surface area contributed by atoms with Crippen LogP contribution in [0, 0.1) is 0 Å². The average molecular weight is 264 g/mol. The highest BCUT2D eigenvalue weighted by molar-refractivity contribution is 5.67. The Morgan fingerprint density at radius 3 is 3.00 bits per heavy atom. The lowest BCUT2D eigenvalue weighted by Crippen LogP contribution is -2.56. The fraction of sp³-hybridized carbons (Fsp3) is 0.500. The third kappa shape index (κ3) is 3.61. The molecule has 0 bridgehead atoms. The second-order valence-corrected chi connectivity index (χ2v) is 4.97. The molecule has 1 saturated heterocycles. The fourth-order valence-corrected chi connectivity index (χ4v) is 2.53. The van der Waals surface area contributed by atoms with Crippen molar-refractivity contribution in [1.82, 2.24) is 5.32 Å². The predicted molar refractivity (Wildman–Crippen MR) is 73.8 cm³/mol. The van der Waals surface area contributed by atoms with Crippen molar-refractivity contribution >= 4 is 11.7 Å². The van der Waals surface area contributed by atoms with Crippen molar-refractivity contribution < 1.29 is 14.6 Å². The number of hydrogen-bond donors (Lipinski definition) is 2. The summed E-state index contributed by atoms with van der Waals surface area (Å²) in [6.45, 7) is 3.63. The van der Waals surface area contributed by atoms with Gasteiger partial charge >= 0.3 is 5.97 Å². The molecule has 0 radical (unpaired) electrons. The van der Waals surface area contributed by atoms with Crippen molar-refractivity contribution in [2.75, 3.05) is 25.1 Å². The van der Waals surface area contributed by atoms with Crippen LogP contribution in [-0.4, -0.2) is 43.4 Å². The lowest BCUT2D eigenvalue weighted by molar-refractivity contribution is -0.137. The van der Waals surface area contributed by atoms with Crippen molar-refractivity contribution in [2.24, 2.45) is 0 Å². The van der Waals surface area contributed by atoms with Crippen molar-refractivity contribution in [1.29, 1.82) is 0 Å². The van der Waals surface area contributed by atoms with Gasteiger partial charge in [-0.25, -0.2) is 0 Å². The highest BCUT2D eigenvalue weighted by atomic mass is 16.5. The molecule has 0 spiro atoms. The number of methoxy groups -OCH3 is 1. The first-order valence-corrected chi connectivity index (χ1v) is 6.45. The van der Waals surface area contributed by atoms with E-state index in [2.05, 4.69) is 17.1 Å². The van der Waals surface area contributed by atoms with E-state index in [1.165, 1.54) is 0 Å². The number of rotatable bonds is 4. The number of ether oxygens (including phenoxy) is 1. The maximum absolute atomic E-state index is 10.8. The minimum Gasteiger partial charge on any atom is -0.497 e. The Kier molecular flexibility index (Phi) is 4.27. The third-order valence-electron chi connectivity index (χ3n) is 3.29. The van der Waals surface area contributed by atoms with Gasteiger partial charge in [0.05, 0.1) is 13.5 Å². The SMILES string of the molecule is COc1cccc(N2CC(C)NC(CC(=O)O)C2)c1. The molecule has 1 heterocycles. The van der Waals surface area contributed by atoms with Gasteiger partial charge < -0.3 is 20.1 Å². The van der Waals surface area contributed by atoms with E-state index in [0.29, 0.717) is 6.54 Å². The van der Waals surface area contributed by atoms with Crippen LogP contribution >= 0.6 is 0 Å². The minimum absolute atomic E-state index is 0.0209. The summed E-state index contributed by atoms with van der Waals surface area (Å²) >= 11 is 0. The lowest BCUT2D eigenvalue weighted by Gasteiger charge is -2.38. The number of carboxylic acid groups (broad SMARTS) is 1. The van der Waals surface area contributed by atoms with E-state index in [-0.39, 0.29) is 18.5 Å². The first kappa shape index (κ1) is 13.7.